The lowest BCUT2D eigenvalue weighted by Crippen LogP contribution is -2.37. The molecule has 0 aromatic carbocycles. The van der Waals surface area contributed by atoms with E-state index in [0.717, 1.165) is 17.8 Å². The van der Waals surface area contributed by atoms with Gasteiger partial charge in [0.15, 0.2) is 0 Å². The summed E-state index contributed by atoms with van der Waals surface area (Å²) in [4.78, 5) is 24.9. The van der Waals surface area contributed by atoms with Crippen LogP contribution in [0.4, 0.5) is 0 Å². The second kappa shape index (κ2) is 5.23. The molecule has 2 N–H and O–H groups in total. The summed E-state index contributed by atoms with van der Waals surface area (Å²) >= 11 is 6.62. The molecule has 1 atom stereocenters. The van der Waals surface area contributed by atoms with Crippen molar-refractivity contribution in [3.63, 3.8) is 0 Å². The van der Waals surface area contributed by atoms with E-state index in [2.05, 4.69) is 9.10 Å². The number of halogens is 1. The number of amides is 1. The minimum atomic E-state index is -3.29. The Kier molecular flexibility index (Phi) is 4.00. The summed E-state index contributed by atoms with van der Waals surface area (Å²) in [5.41, 5.74) is -0.486. The molecule has 1 unspecified atom stereocenters. The fourth-order valence-corrected chi connectivity index (χ4v) is 3.71. The average molecular weight is 326 g/mol. The predicted octanol–water partition coefficient (Wildman–Crippen LogP) is -0.147. The Balaban J connectivity index is 2.07. The molecule has 0 spiro atoms. The number of hydrogen-bond donors (Lipinski definition) is 2. The number of nitrogens with zero attached hydrogens (tertiary/aromatic N) is 1. The largest absolute Gasteiger partial charge is 0.336 e. The van der Waals surface area contributed by atoms with Gasteiger partial charge in [-0.3, -0.25) is 14.0 Å². The molecule has 0 aliphatic carbocycles. The quantitative estimate of drug-likeness (QED) is 0.807. The van der Waals surface area contributed by atoms with E-state index in [0.29, 0.717) is 13.0 Å². The van der Waals surface area contributed by atoms with Gasteiger partial charge < -0.3 is 4.90 Å². The summed E-state index contributed by atoms with van der Waals surface area (Å²) in [6, 6.07) is -0.298. The summed E-state index contributed by atoms with van der Waals surface area (Å²) in [6.45, 7) is 0.697. The van der Waals surface area contributed by atoms with Crippen molar-refractivity contribution in [2.45, 2.75) is 12.5 Å². The van der Waals surface area contributed by atoms with Gasteiger partial charge in [0.1, 0.15) is 9.90 Å². The monoisotopic (exact) mass is 325 g/mol. The third-order valence-corrected chi connectivity index (χ3v) is 4.80. The standard InChI is InChI=1S/C9H12ClN3O4S2/c1-19(16,17)12-5-2-3-13(4-5)9(15)7-6(10)8(14)11-18-7/h5,12H,2-4H2,1H3,(H,11,14). The summed E-state index contributed by atoms with van der Waals surface area (Å²) in [7, 11) is -3.29. The van der Waals surface area contributed by atoms with Gasteiger partial charge in [0.25, 0.3) is 11.5 Å². The minimum absolute atomic E-state index is 0.116. The van der Waals surface area contributed by atoms with Crippen LogP contribution in [0.2, 0.25) is 5.02 Å². The van der Waals surface area contributed by atoms with Crippen LogP contribution in [-0.2, 0) is 10.0 Å². The molecule has 7 nitrogen and oxygen atoms in total. The van der Waals surface area contributed by atoms with E-state index in [1.807, 2.05) is 0 Å². The molecule has 1 amide bonds. The first kappa shape index (κ1) is 14.5. The Hall–Kier alpha value is -0.900. The van der Waals surface area contributed by atoms with E-state index < -0.39 is 15.6 Å². The number of carbonyl (C=O) groups excluding carboxylic acids is 1. The van der Waals surface area contributed by atoms with Gasteiger partial charge in [-0.05, 0) is 6.42 Å². The highest BCUT2D eigenvalue weighted by molar-refractivity contribution is 7.88. The Morgan fingerprint density at radius 3 is 2.79 bits per heavy atom. The lowest BCUT2D eigenvalue weighted by Gasteiger charge is -2.15. The maximum atomic E-state index is 12.1. The SMILES string of the molecule is CS(=O)(=O)NC1CCN(C(=O)c2s[nH]c(=O)c2Cl)C1. The smallest absolute Gasteiger partial charge is 0.277 e. The third kappa shape index (κ3) is 3.35. The molecule has 1 aromatic heterocycles. The molecule has 106 valence electrons. The van der Waals surface area contributed by atoms with Gasteiger partial charge in [0.05, 0.1) is 6.26 Å². The van der Waals surface area contributed by atoms with Gasteiger partial charge in [-0.25, -0.2) is 13.1 Å². The Labute approximate surface area is 118 Å². The number of carbonyl (C=O) groups is 1. The number of sulfonamides is 1. The average Bonchev–Trinajstić information content (AvgIpc) is 2.85. The van der Waals surface area contributed by atoms with E-state index in [4.69, 9.17) is 11.6 Å². The Morgan fingerprint density at radius 1 is 1.58 bits per heavy atom. The topological polar surface area (TPSA) is 99.3 Å². The lowest BCUT2D eigenvalue weighted by atomic mass is 10.3. The van der Waals surface area contributed by atoms with E-state index in [1.54, 1.807) is 0 Å². The van der Waals surface area contributed by atoms with Gasteiger partial charge in [0.2, 0.25) is 10.0 Å². The van der Waals surface area contributed by atoms with Crippen molar-refractivity contribution in [3.8, 4) is 0 Å². The van der Waals surface area contributed by atoms with Crippen LogP contribution in [0.3, 0.4) is 0 Å². The molecule has 1 fully saturated rings. The van der Waals surface area contributed by atoms with Crippen molar-refractivity contribution in [2.24, 2.45) is 0 Å². The lowest BCUT2D eigenvalue weighted by molar-refractivity contribution is 0.0795. The van der Waals surface area contributed by atoms with E-state index >= 15 is 0 Å². The first-order valence-corrected chi connectivity index (χ1v) is 8.50. The summed E-state index contributed by atoms with van der Waals surface area (Å²) in [6.07, 6.45) is 1.61. The Bertz CT molecular complexity index is 651. The van der Waals surface area contributed by atoms with E-state index in [-0.39, 0.29) is 28.4 Å². The second-order valence-corrected chi connectivity index (χ2v) is 7.28. The maximum Gasteiger partial charge on any atom is 0.277 e. The number of H-pyrrole nitrogens is 1. The molecule has 0 saturated carbocycles. The minimum Gasteiger partial charge on any atom is -0.336 e. The second-order valence-electron chi connectivity index (χ2n) is 4.30. The highest BCUT2D eigenvalue weighted by Gasteiger charge is 2.30. The molecule has 1 aromatic rings. The summed E-state index contributed by atoms with van der Waals surface area (Å²) in [5, 5.41) is -0.116. The molecular formula is C9H12ClN3O4S2. The molecule has 0 bridgehead atoms. The molecular weight excluding hydrogens is 314 g/mol. The molecule has 1 aliphatic heterocycles. The number of likely N-dealkylation sites (tertiary alicyclic amines) is 1. The molecule has 1 saturated heterocycles. The Morgan fingerprint density at radius 2 is 2.26 bits per heavy atom. The highest BCUT2D eigenvalue weighted by atomic mass is 35.5. The van der Waals surface area contributed by atoms with Crippen molar-refractivity contribution in [1.29, 1.82) is 0 Å². The van der Waals surface area contributed by atoms with Gasteiger partial charge in [0, 0.05) is 19.1 Å². The van der Waals surface area contributed by atoms with Crippen LogP contribution in [0, 0.1) is 0 Å². The number of rotatable bonds is 3. The van der Waals surface area contributed by atoms with Crippen LogP contribution in [0.1, 0.15) is 16.1 Å². The summed E-state index contributed by atoms with van der Waals surface area (Å²) < 4.78 is 27.1. The fourth-order valence-electron chi connectivity index (χ4n) is 1.91. The first-order valence-electron chi connectivity index (χ1n) is 5.41. The number of nitrogens with one attached hydrogen (secondary N) is 2. The van der Waals surface area contributed by atoms with Crippen molar-refractivity contribution >= 4 is 39.1 Å². The van der Waals surface area contributed by atoms with Crippen LogP contribution in [0.15, 0.2) is 4.79 Å². The fraction of sp³-hybridized carbons (Fsp3) is 0.556. The molecule has 19 heavy (non-hydrogen) atoms. The predicted molar refractivity (Wildman–Crippen MR) is 72.2 cm³/mol. The number of aromatic nitrogens is 1. The molecule has 0 radical (unpaired) electrons. The van der Waals surface area contributed by atoms with Crippen molar-refractivity contribution in [3.05, 3.63) is 20.3 Å². The third-order valence-electron chi connectivity index (χ3n) is 2.69. The number of aromatic amines is 1. The zero-order chi connectivity index (χ0) is 14.2. The van der Waals surface area contributed by atoms with Crippen molar-refractivity contribution in [2.75, 3.05) is 19.3 Å². The highest BCUT2D eigenvalue weighted by Crippen LogP contribution is 2.20. The zero-order valence-corrected chi connectivity index (χ0v) is 12.4. The van der Waals surface area contributed by atoms with Crippen LogP contribution < -0.4 is 10.3 Å². The van der Waals surface area contributed by atoms with Gasteiger partial charge in [-0.2, -0.15) is 0 Å². The van der Waals surface area contributed by atoms with Crippen molar-refractivity contribution in [1.82, 2.24) is 14.0 Å². The van der Waals surface area contributed by atoms with Gasteiger partial charge in [-0.1, -0.05) is 23.1 Å². The first-order chi connectivity index (χ1) is 8.78. The van der Waals surface area contributed by atoms with Crippen LogP contribution in [0.25, 0.3) is 0 Å². The van der Waals surface area contributed by atoms with Crippen LogP contribution in [-0.4, -0.2) is 49.0 Å². The van der Waals surface area contributed by atoms with E-state index in [1.165, 1.54) is 4.90 Å². The van der Waals surface area contributed by atoms with Crippen LogP contribution in [0.5, 0.6) is 0 Å². The van der Waals surface area contributed by atoms with Gasteiger partial charge in [-0.15, -0.1) is 0 Å². The number of hydrogen-bond acceptors (Lipinski definition) is 5. The zero-order valence-electron chi connectivity index (χ0n) is 9.97. The molecule has 10 heteroatoms. The summed E-state index contributed by atoms with van der Waals surface area (Å²) in [5.74, 6) is -0.355. The maximum absolute atomic E-state index is 12.1. The van der Waals surface area contributed by atoms with Crippen molar-refractivity contribution < 1.29 is 13.2 Å². The van der Waals surface area contributed by atoms with Gasteiger partial charge >= 0.3 is 0 Å². The molecule has 2 heterocycles. The normalized spacial score (nSPS) is 19.9. The van der Waals surface area contributed by atoms with Crippen LogP contribution >= 0.6 is 23.1 Å². The molecule has 1 aliphatic rings. The van der Waals surface area contributed by atoms with E-state index in [9.17, 15) is 18.0 Å². The molecule has 2 rings (SSSR count).